The molecule has 0 atom stereocenters. The summed E-state index contributed by atoms with van der Waals surface area (Å²) in [5, 5.41) is 7.58. The second-order valence-corrected chi connectivity index (χ2v) is 12.9. The van der Waals surface area contributed by atoms with Crippen LogP contribution >= 0.6 is 0 Å². The van der Waals surface area contributed by atoms with Crippen molar-refractivity contribution in [2.24, 2.45) is 0 Å². The molecule has 0 spiro atoms. The van der Waals surface area contributed by atoms with Gasteiger partial charge in [0.1, 0.15) is 19.6 Å². The van der Waals surface area contributed by atoms with E-state index in [0.717, 1.165) is 19.6 Å². The first kappa shape index (κ1) is 43.7. The van der Waals surface area contributed by atoms with E-state index in [2.05, 4.69) is 125 Å². The maximum atomic E-state index is 2.53. The molecule has 0 bridgehead atoms. The van der Waals surface area contributed by atoms with Crippen molar-refractivity contribution in [3.05, 3.63) is 143 Å². The van der Waals surface area contributed by atoms with Gasteiger partial charge in [-0.25, -0.2) is 0 Å². The molecule has 4 rings (SSSR count). The van der Waals surface area contributed by atoms with Gasteiger partial charge in [-0.05, 0) is 112 Å². The lowest BCUT2D eigenvalue weighted by Crippen LogP contribution is -3.00. The largest absolute Gasteiger partial charge is 1.00 e. The van der Waals surface area contributed by atoms with Crippen LogP contribution in [0.15, 0.2) is 109 Å². The molecule has 4 aromatic carbocycles. The van der Waals surface area contributed by atoms with Gasteiger partial charge in [-0.1, -0.05) is 91.0 Å². The highest BCUT2D eigenvalue weighted by Crippen LogP contribution is 2.10. The minimum atomic E-state index is 0. The van der Waals surface area contributed by atoms with E-state index in [1.165, 1.54) is 130 Å². The van der Waals surface area contributed by atoms with E-state index in [0.29, 0.717) is 0 Å². The molecule has 0 saturated heterocycles. The number of aryl methyl sites for hydroxylation is 3. The number of hydrogen-bond donors (Lipinski definition) is 3. The quantitative estimate of drug-likeness (QED) is 0.0656. The fourth-order valence-electron chi connectivity index (χ4n) is 6.32. The number of quaternary nitrogens is 3. The van der Waals surface area contributed by atoms with Crippen LogP contribution in [0.1, 0.15) is 91.2 Å². The van der Waals surface area contributed by atoms with Crippen molar-refractivity contribution >= 4 is 0 Å². The van der Waals surface area contributed by atoms with E-state index in [9.17, 15) is 0 Å². The van der Waals surface area contributed by atoms with E-state index in [1.54, 1.807) is 0 Å². The molecule has 3 nitrogen and oxygen atoms in total. The number of benzene rings is 4. The Hall–Kier alpha value is -2.37. The number of rotatable bonds is 24. The predicted molar refractivity (Wildman–Crippen MR) is 190 cm³/mol. The molecule has 4 aromatic rings. The number of unbranched alkanes of at least 4 members (excludes halogenated alkanes) is 6. The molecule has 264 valence electrons. The molecule has 0 aliphatic rings. The molecule has 0 unspecified atom stereocenters. The van der Waals surface area contributed by atoms with Gasteiger partial charge in [-0.2, -0.15) is 0 Å². The fraction of sp³-hybridized carbons (Fsp3) is 0.429. The van der Waals surface area contributed by atoms with Crippen molar-refractivity contribution < 1.29 is 53.2 Å². The molecule has 0 amide bonds. The summed E-state index contributed by atoms with van der Waals surface area (Å²) in [6, 6.07) is 40.2. The van der Waals surface area contributed by atoms with Crippen molar-refractivity contribution in [3.8, 4) is 0 Å². The molecule has 0 fully saturated rings. The third-order valence-electron chi connectivity index (χ3n) is 8.90. The molecule has 0 saturated carbocycles. The Kier molecular flexibility index (Phi) is 25.9. The molecule has 0 aliphatic carbocycles. The maximum absolute atomic E-state index is 2.53. The number of hydrogen-bond acceptors (Lipinski definition) is 0. The smallest absolute Gasteiger partial charge is 0.101 e. The van der Waals surface area contributed by atoms with Gasteiger partial charge in [0.05, 0.1) is 19.6 Å². The average Bonchev–Trinajstić information content (AvgIpc) is 3.08. The van der Waals surface area contributed by atoms with E-state index in [4.69, 9.17) is 0 Å². The topological polar surface area (TPSA) is 49.8 Å². The number of halogens is 3. The fourth-order valence-corrected chi connectivity index (χ4v) is 6.32. The summed E-state index contributed by atoms with van der Waals surface area (Å²) in [6.07, 6.45) is 15.4. The normalized spacial score (nSPS) is 10.5. The summed E-state index contributed by atoms with van der Waals surface area (Å²) < 4.78 is 0. The van der Waals surface area contributed by atoms with Crippen molar-refractivity contribution in [2.45, 2.75) is 96.7 Å². The van der Waals surface area contributed by atoms with Crippen molar-refractivity contribution in [1.29, 1.82) is 0 Å². The third-order valence-corrected chi connectivity index (χ3v) is 8.90. The maximum Gasteiger partial charge on any atom is 0.101 e. The second kappa shape index (κ2) is 28.5. The Morgan fingerprint density at radius 2 is 0.562 bits per heavy atom. The summed E-state index contributed by atoms with van der Waals surface area (Å²) in [7, 11) is 0. The zero-order chi connectivity index (χ0) is 31.0. The van der Waals surface area contributed by atoms with Crippen LogP contribution in [0.3, 0.4) is 0 Å². The number of nitrogens with two attached hydrogens (primary N) is 3. The van der Waals surface area contributed by atoms with Gasteiger partial charge >= 0.3 is 0 Å². The minimum Gasteiger partial charge on any atom is -1.00 e. The lowest BCUT2D eigenvalue weighted by molar-refractivity contribution is -0.672. The van der Waals surface area contributed by atoms with Gasteiger partial charge in [0.25, 0.3) is 0 Å². The SMILES string of the molecule is [Cl-].[Cl-].[Cl-].c1ccc(CCCCC[NH2+]Cc2cc(C[NH2+]CCCCCc3ccccc3)cc(C[NH2+]CCCCCc3ccccc3)c2)cc1. The molecule has 48 heavy (non-hydrogen) atoms. The van der Waals surface area contributed by atoms with Gasteiger partial charge < -0.3 is 53.2 Å². The van der Waals surface area contributed by atoms with Crippen molar-refractivity contribution in [2.75, 3.05) is 19.6 Å². The van der Waals surface area contributed by atoms with Crippen LogP contribution in [0.5, 0.6) is 0 Å². The second-order valence-electron chi connectivity index (χ2n) is 12.9. The molecule has 0 aromatic heterocycles. The summed E-state index contributed by atoms with van der Waals surface area (Å²) in [4.78, 5) is 0. The van der Waals surface area contributed by atoms with Crippen LogP contribution in [-0.4, -0.2) is 19.6 Å². The van der Waals surface area contributed by atoms with Gasteiger partial charge in [-0.3, -0.25) is 0 Å². The van der Waals surface area contributed by atoms with Crippen LogP contribution in [0.25, 0.3) is 0 Å². The van der Waals surface area contributed by atoms with Crippen LogP contribution in [0, 0.1) is 0 Å². The zero-order valence-corrected chi connectivity index (χ0v) is 31.3. The summed E-state index contributed by atoms with van der Waals surface area (Å²) in [5.74, 6) is 0. The Morgan fingerprint density at radius 1 is 0.292 bits per heavy atom. The lowest BCUT2D eigenvalue weighted by atomic mass is 10.0. The predicted octanol–water partition coefficient (Wildman–Crippen LogP) is -2.87. The van der Waals surface area contributed by atoms with Gasteiger partial charge in [0.2, 0.25) is 0 Å². The summed E-state index contributed by atoms with van der Waals surface area (Å²) in [5.41, 5.74) is 8.91. The standard InChI is InChI=1S/C42H57N3.3ClH/c1-7-19-37(20-8-1)25-13-4-16-28-43-34-40-31-41(35-44-29-17-5-14-26-38-21-9-2-10-22-38)33-42(32-40)36-45-30-18-6-15-27-39-23-11-3-12-24-39;;;/h1-3,7-12,19-24,31-33,43-45H,4-6,13-18,25-30,34-36H2;3*1H. The minimum absolute atomic E-state index is 0. The highest BCUT2D eigenvalue weighted by atomic mass is 35.5. The Morgan fingerprint density at radius 3 is 0.833 bits per heavy atom. The Balaban J connectivity index is 0.00000384. The van der Waals surface area contributed by atoms with Crippen molar-refractivity contribution in [3.63, 3.8) is 0 Å². The molecular formula is C42H60Cl3N3. The van der Waals surface area contributed by atoms with Gasteiger partial charge in [0.15, 0.2) is 0 Å². The van der Waals surface area contributed by atoms with Gasteiger partial charge in [-0.15, -0.1) is 0 Å². The molecule has 0 heterocycles. The van der Waals surface area contributed by atoms with E-state index in [-0.39, 0.29) is 37.2 Å². The molecule has 0 aliphatic heterocycles. The van der Waals surface area contributed by atoms with Crippen LogP contribution in [0.4, 0.5) is 0 Å². The first-order valence-electron chi connectivity index (χ1n) is 18.0. The zero-order valence-electron chi connectivity index (χ0n) is 29.0. The van der Waals surface area contributed by atoms with Crippen LogP contribution < -0.4 is 53.2 Å². The van der Waals surface area contributed by atoms with E-state index >= 15 is 0 Å². The van der Waals surface area contributed by atoms with Gasteiger partial charge in [0, 0.05) is 16.7 Å². The highest BCUT2D eigenvalue weighted by molar-refractivity contribution is 5.29. The van der Waals surface area contributed by atoms with Crippen LogP contribution in [0.2, 0.25) is 0 Å². The Labute approximate surface area is 310 Å². The summed E-state index contributed by atoms with van der Waals surface area (Å²) in [6.45, 7) is 6.95. The monoisotopic (exact) mass is 711 g/mol. The van der Waals surface area contributed by atoms with Crippen molar-refractivity contribution in [1.82, 2.24) is 0 Å². The van der Waals surface area contributed by atoms with E-state index in [1.807, 2.05) is 0 Å². The highest BCUT2D eigenvalue weighted by Gasteiger charge is 2.07. The first-order valence-corrected chi connectivity index (χ1v) is 18.0. The Bertz CT molecular complexity index is 1120. The third kappa shape index (κ3) is 19.6. The molecular weight excluding hydrogens is 653 g/mol. The molecule has 0 radical (unpaired) electrons. The summed E-state index contributed by atoms with van der Waals surface area (Å²) >= 11 is 0. The lowest BCUT2D eigenvalue weighted by Gasteiger charge is -2.10. The first-order chi connectivity index (χ1) is 22.3. The molecule has 6 N–H and O–H groups in total. The molecule has 6 heteroatoms. The average molecular weight is 713 g/mol. The van der Waals surface area contributed by atoms with E-state index < -0.39 is 0 Å². The van der Waals surface area contributed by atoms with Crippen LogP contribution in [-0.2, 0) is 38.9 Å².